The van der Waals surface area contributed by atoms with Crippen molar-refractivity contribution in [3.05, 3.63) is 29.0 Å². The summed E-state index contributed by atoms with van der Waals surface area (Å²) in [5, 5.41) is 0.744. The van der Waals surface area contributed by atoms with Gasteiger partial charge in [-0.05, 0) is 43.5 Å². The highest BCUT2D eigenvalue weighted by Gasteiger charge is 2.30. The molecular weight excluding hydrogens is 246 g/mol. The van der Waals surface area contributed by atoms with E-state index in [0.29, 0.717) is 11.8 Å². The summed E-state index contributed by atoms with van der Waals surface area (Å²) in [6, 6.07) is 5.90. The number of aromatic nitrogens is 2. The molecule has 0 spiro atoms. The van der Waals surface area contributed by atoms with Gasteiger partial charge in [0.05, 0.1) is 11.0 Å². The predicted molar refractivity (Wildman–Crippen MR) is 74.9 cm³/mol. The number of hydrogen-bond donors (Lipinski definition) is 1. The molecule has 1 fully saturated rings. The standard InChI is InChI=1S/C14H18ClN3/c1-18-13-6-5-10(15)7-12(13)17-14(18)11-4-2-3-9(11)8-16/h5-7,9,11H,2-4,8,16H2,1H3. The van der Waals surface area contributed by atoms with Crippen molar-refractivity contribution in [1.82, 2.24) is 9.55 Å². The quantitative estimate of drug-likeness (QED) is 0.905. The van der Waals surface area contributed by atoms with E-state index in [4.69, 9.17) is 22.3 Å². The molecule has 0 amide bonds. The third-order valence-corrected chi connectivity index (χ3v) is 4.41. The van der Waals surface area contributed by atoms with Gasteiger partial charge in [-0.25, -0.2) is 4.98 Å². The van der Waals surface area contributed by atoms with Gasteiger partial charge in [0.1, 0.15) is 5.82 Å². The first-order chi connectivity index (χ1) is 8.70. The minimum atomic E-state index is 0.506. The van der Waals surface area contributed by atoms with Crippen LogP contribution in [0.4, 0.5) is 0 Å². The van der Waals surface area contributed by atoms with Crippen molar-refractivity contribution in [2.24, 2.45) is 18.7 Å². The zero-order valence-electron chi connectivity index (χ0n) is 10.6. The van der Waals surface area contributed by atoms with Crippen LogP contribution in [-0.2, 0) is 7.05 Å². The molecule has 3 rings (SSSR count). The lowest BCUT2D eigenvalue weighted by Crippen LogP contribution is -2.19. The molecule has 1 aliphatic rings. The Morgan fingerprint density at radius 3 is 3.06 bits per heavy atom. The fraction of sp³-hybridized carbons (Fsp3) is 0.500. The van der Waals surface area contributed by atoms with E-state index in [9.17, 15) is 0 Å². The highest BCUT2D eigenvalue weighted by molar-refractivity contribution is 6.31. The van der Waals surface area contributed by atoms with Crippen molar-refractivity contribution in [2.45, 2.75) is 25.2 Å². The molecule has 0 aliphatic heterocycles. The second kappa shape index (κ2) is 4.56. The Bertz CT molecular complexity index is 576. The van der Waals surface area contributed by atoms with Crippen molar-refractivity contribution < 1.29 is 0 Å². The van der Waals surface area contributed by atoms with E-state index in [0.717, 1.165) is 22.6 Å². The summed E-state index contributed by atoms with van der Waals surface area (Å²) in [6.07, 6.45) is 3.69. The molecule has 2 unspecified atom stereocenters. The normalized spacial score (nSPS) is 23.9. The van der Waals surface area contributed by atoms with Crippen molar-refractivity contribution in [2.75, 3.05) is 6.54 Å². The minimum absolute atomic E-state index is 0.506. The molecule has 2 N–H and O–H groups in total. The van der Waals surface area contributed by atoms with Crippen LogP contribution in [0, 0.1) is 5.92 Å². The van der Waals surface area contributed by atoms with Gasteiger partial charge in [0.25, 0.3) is 0 Å². The molecule has 2 aromatic rings. The van der Waals surface area contributed by atoms with Gasteiger partial charge in [0.2, 0.25) is 0 Å². The number of nitrogens with zero attached hydrogens (tertiary/aromatic N) is 2. The Morgan fingerprint density at radius 2 is 2.28 bits per heavy atom. The maximum atomic E-state index is 6.03. The maximum absolute atomic E-state index is 6.03. The highest BCUT2D eigenvalue weighted by atomic mass is 35.5. The van der Waals surface area contributed by atoms with Gasteiger partial charge >= 0.3 is 0 Å². The average Bonchev–Trinajstić information content (AvgIpc) is 2.93. The van der Waals surface area contributed by atoms with Gasteiger partial charge in [-0.3, -0.25) is 0 Å². The lowest BCUT2D eigenvalue weighted by Gasteiger charge is -2.17. The van der Waals surface area contributed by atoms with E-state index >= 15 is 0 Å². The molecular formula is C14H18ClN3. The first-order valence-corrected chi connectivity index (χ1v) is 6.90. The zero-order valence-corrected chi connectivity index (χ0v) is 11.3. The third kappa shape index (κ3) is 1.82. The van der Waals surface area contributed by atoms with Crippen LogP contribution >= 0.6 is 11.6 Å². The van der Waals surface area contributed by atoms with Gasteiger partial charge < -0.3 is 10.3 Å². The summed E-state index contributed by atoms with van der Waals surface area (Å²) in [6.45, 7) is 0.759. The van der Waals surface area contributed by atoms with Crippen molar-refractivity contribution in [3.8, 4) is 0 Å². The summed E-state index contributed by atoms with van der Waals surface area (Å²) in [7, 11) is 2.09. The number of nitrogens with two attached hydrogens (primary N) is 1. The molecule has 1 aromatic heterocycles. The van der Waals surface area contributed by atoms with Crippen LogP contribution in [0.25, 0.3) is 11.0 Å². The number of fused-ring (bicyclic) bond motifs is 1. The Kier molecular flexibility index (Phi) is 3.04. The Balaban J connectivity index is 2.09. The summed E-state index contributed by atoms with van der Waals surface area (Å²) in [5.74, 6) is 2.25. The van der Waals surface area contributed by atoms with Crippen LogP contribution in [0.2, 0.25) is 5.02 Å². The van der Waals surface area contributed by atoms with E-state index in [2.05, 4.69) is 11.6 Å². The average molecular weight is 264 g/mol. The smallest absolute Gasteiger partial charge is 0.113 e. The van der Waals surface area contributed by atoms with Crippen LogP contribution < -0.4 is 5.73 Å². The molecule has 3 nitrogen and oxygen atoms in total. The molecule has 1 aromatic carbocycles. The van der Waals surface area contributed by atoms with Gasteiger partial charge in [-0.15, -0.1) is 0 Å². The number of benzene rings is 1. The lowest BCUT2D eigenvalue weighted by molar-refractivity contribution is 0.469. The lowest BCUT2D eigenvalue weighted by atomic mass is 9.95. The summed E-state index contributed by atoms with van der Waals surface area (Å²) < 4.78 is 2.20. The Labute approximate surface area is 112 Å². The topological polar surface area (TPSA) is 43.8 Å². The second-order valence-corrected chi connectivity index (χ2v) is 5.63. The van der Waals surface area contributed by atoms with E-state index in [1.807, 2.05) is 18.2 Å². The molecule has 96 valence electrons. The van der Waals surface area contributed by atoms with Gasteiger partial charge in [-0.1, -0.05) is 18.0 Å². The molecule has 0 bridgehead atoms. The molecule has 0 saturated heterocycles. The van der Waals surface area contributed by atoms with Crippen molar-refractivity contribution in [1.29, 1.82) is 0 Å². The molecule has 0 radical (unpaired) electrons. The van der Waals surface area contributed by atoms with Gasteiger partial charge in [0.15, 0.2) is 0 Å². The molecule has 18 heavy (non-hydrogen) atoms. The number of rotatable bonds is 2. The SMILES string of the molecule is Cn1c(C2CCCC2CN)nc2cc(Cl)ccc21. The maximum Gasteiger partial charge on any atom is 0.113 e. The second-order valence-electron chi connectivity index (χ2n) is 5.20. The summed E-state index contributed by atoms with van der Waals surface area (Å²) in [4.78, 5) is 4.78. The number of aryl methyl sites for hydroxylation is 1. The van der Waals surface area contributed by atoms with Crippen LogP contribution in [0.5, 0.6) is 0 Å². The van der Waals surface area contributed by atoms with Crippen molar-refractivity contribution in [3.63, 3.8) is 0 Å². The largest absolute Gasteiger partial charge is 0.331 e. The summed E-state index contributed by atoms with van der Waals surface area (Å²) in [5.41, 5.74) is 8.01. The van der Waals surface area contributed by atoms with Crippen LogP contribution in [0.3, 0.4) is 0 Å². The van der Waals surface area contributed by atoms with Crippen LogP contribution in [0.1, 0.15) is 31.0 Å². The molecule has 1 saturated carbocycles. The fourth-order valence-electron chi connectivity index (χ4n) is 3.18. The van der Waals surface area contributed by atoms with E-state index < -0.39 is 0 Å². The predicted octanol–water partition coefficient (Wildman–Crippen LogP) is 3.07. The Morgan fingerprint density at radius 1 is 1.44 bits per heavy atom. The number of halogens is 1. The first-order valence-electron chi connectivity index (χ1n) is 6.52. The monoisotopic (exact) mass is 263 g/mol. The molecule has 2 atom stereocenters. The highest BCUT2D eigenvalue weighted by Crippen LogP contribution is 2.39. The van der Waals surface area contributed by atoms with Crippen LogP contribution in [-0.4, -0.2) is 16.1 Å². The zero-order chi connectivity index (χ0) is 12.7. The number of hydrogen-bond acceptors (Lipinski definition) is 2. The van der Waals surface area contributed by atoms with Gasteiger partial charge in [-0.2, -0.15) is 0 Å². The van der Waals surface area contributed by atoms with E-state index in [-0.39, 0.29) is 0 Å². The third-order valence-electron chi connectivity index (χ3n) is 4.17. The molecule has 4 heteroatoms. The number of imidazole rings is 1. The van der Waals surface area contributed by atoms with E-state index in [1.165, 1.54) is 25.1 Å². The molecule has 1 heterocycles. The molecule has 1 aliphatic carbocycles. The summed E-state index contributed by atoms with van der Waals surface area (Å²) >= 11 is 6.03. The fourth-order valence-corrected chi connectivity index (χ4v) is 3.35. The minimum Gasteiger partial charge on any atom is -0.331 e. The van der Waals surface area contributed by atoms with Crippen molar-refractivity contribution >= 4 is 22.6 Å². The van der Waals surface area contributed by atoms with E-state index in [1.54, 1.807) is 0 Å². The Hall–Kier alpha value is -1.06. The first kappa shape index (κ1) is 12.0. The van der Waals surface area contributed by atoms with Gasteiger partial charge in [0, 0.05) is 18.0 Å². The van der Waals surface area contributed by atoms with Crippen LogP contribution in [0.15, 0.2) is 18.2 Å².